The predicted octanol–water partition coefficient (Wildman–Crippen LogP) is 1.42. The molecule has 11 heteroatoms. The number of ether oxygens (including phenoxy) is 1. The molecule has 2 aromatic carbocycles. The van der Waals surface area contributed by atoms with E-state index in [0.29, 0.717) is 5.69 Å². The second-order valence-electron chi connectivity index (χ2n) is 9.61. The molecule has 202 valence electrons. The highest BCUT2D eigenvalue weighted by Crippen LogP contribution is 2.29. The monoisotopic (exact) mass is 540 g/mol. The van der Waals surface area contributed by atoms with Crippen LogP contribution in [-0.2, 0) is 21.8 Å². The van der Waals surface area contributed by atoms with Gasteiger partial charge in [-0.2, -0.15) is 5.26 Å². The maximum absolute atomic E-state index is 12.9. The quantitative estimate of drug-likeness (QED) is 0.314. The number of hydrogen-bond acceptors (Lipinski definition) is 8. The van der Waals surface area contributed by atoms with Crippen LogP contribution in [0.1, 0.15) is 5.69 Å². The average molecular weight is 541 g/mol. The van der Waals surface area contributed by atoms with Crippen molar-refractivity contribution >= 4 is 32.6 Å². The van der Waals surface area contributed by atoms with Gasteiger partial charge in [0.1, 0.15) is 18.3 Å². The van der Waals surface area contributed by atoms with Gasteiger partial charge in [-0.25, -0.2) is 13.1 Å². The molecule has 4 N–H and O–H groups in total. The number of fused-ring (bicyclic) bond motifs is 1. The Bertz CT molecular complexity index is 1490. The molecule has 1 aliphatic rings. The van der Waals surface area contributed by atoms with Crippen LogP contribution in [0.3, 0.4) is 0 Å². The Morgan fingerprint density at radius 1 is 1.16 bits per heavy atom. The lowest BCUT2D eigenvalue weighted by atomic mass is 9.93. The Labute approximate surface area is 222 Å². The van der Waals surface area contributed by atoms with Gasteiger partial charge in [0, 0.05) is 50.7 Å². The van der Waals surface area contributed by atoms with Crippen LogP contribution in [0.4, 0.5) is 5.69 Å². The molecule has 4 rings (SSSR count). The van der Waals surface area contributed by atoms with E-state index >= 15 is 0 Å². The topological polar surface area (TPSA) is 148 Å². The van der Waals surface area contributed by atoms with E-state index < -0.39 is 45.8 Å². The van der Waals surface area contributed by atoms with Crippen molar-refractivity contribution in [2.24, 2.45) is 13.0 Å². The Balaban J connectivity index is 1.53. The van der Waals surface area contributed by atoms with Gasteiger partial charge in [-0.05, 0) is 52.7 Å². The van der Waals surface area contributed by atoms with Crippen LogP contribution < -0.4 is 9.62 Å². The fourth-order valence-corrected chi connectivity index (χ4v) is 5.50. The fraction of sp³-hybridized carbons (Fsp3) is 0.370. The van der Waals surface area contributed by atoms with Crippen molar-refractivity contribution in [1.82, 2.24) is 9.29 Å². The van der Waals surface area contributed by atoms with Gasteiger partial charge in [0.05, 0.1) is 19.3 Å². The molecular formula is C27H32N4O6S. The molecule has 1 aromatic heterocycles. The number of rotatable bonds is 8. The van der Waals surface area contributed by atoms with Crippen molar-refractivity contribution in [3.63, 3.8) is 0 Å². The van der Waals surface area contributed by atoms with Gasteiger partial charge in [0.25, 0.3) is 10.0 Å². The molecule has 0 spiro atoms. The fourth-order valence-electron chi connectivity index (χ4n) is 4.51. The number of aliphatic hydroxyl groups excluding tert-OH is 3. The first-order valence-corrected chi connectivity index (χ1v) is 13.6. The first-order chi connectivity index (χ1) is 18.1. The van der Waals surface area contributed by atoms with E-state index in [2.05, 4.69) is 22.9 Å². The average Bonchev–Trinajstić information content (AvgIpc) is 3.27. The smallest absolute Gasteiger partial charge is 0.250 e. The van der Waals surface area contributed by atoms with E-state index in [4.69, 9.17) is 4.74 Å². The summed E-state index contributed by atoms with van der Waals surface area (Å²) in [6, 6.07) is 17.7. The molecule has 2 heterocycles. The van der Waals surface area contributed by atoms with Crippen molar-refractivity contribution in [3.8, 4) is 17.3 Å². The third kappa shape index (κ3) is 5.61. The summed E-state index contributed by atoms with van der Waals surface area (Å²) in [7, 11) is 1.57. The van der Waals surface area contributed by atoms with Crippen molar-refractivity contribution in [1.29, 1.82) is 5.26 Å². The maximum atomic E-state index is 12.9. The van der Waals surface area contributed by atoms with E-state index in [1.807, 2.05) is 47.8 Å². The van der Waals surface area contributed by atoms with Crippen molar-refractivity contribution < 1.29 is 28.5 Å². The van der Waals surface area contributed by atoms with Crippen LogP contribution in [-0.4, -0.2) is 80.5 Å². The minimum atomic E-state index is -4.21. The Kier molecular flexibility index (Phi) is 8.22. The van der Waals surface area contributed by atoms with Crippen molar-refractivity contribution in [2.45, 2.75) is 18.3 Å². The Morgan fingerprint density at radius 2 is 1.87 bits per heavy atom. The maximum Gasteiger partial charge on any atom is 0.250 e. The van der Waals surface area contributed by atoms with Crippen LogP contribution in [0, 0.1) is 17.2 Å². The molecule has 1 saturated heterocycles. The van der Waals surface area contributed by atoms with Gasteiger partial charge < -0.3 is 29.5 Å². The van der Waals surface area contributed by atoms with Crippen molar-refractivity contribution in [3.05, 3.63) is 59.1 Å². The zero-order chi connectivity index (χ0) is 27.6. The molecule has 0 bridgehead atoms. The summed E-state index contributed by atoms with van der Waals surface area (Å²) in [6.07, 6.45) is -2.27. The van der Waals surface area contributed by atoms with Gasteiger partial charge in [-0.1, -0.05) is 18.2 Å². The molecule has 0 saturated carbocycles. The lowest BCUT2D eigenvalue weighted by molar-refractivity contribution is -0.172. The van der Waals surface area contributed by atoms with Gasteiger partial charge in [0.15, 0.2) is 4.91 Å². The van der Waals surface area contributed by atoms with Crippen LogP contribution in [0.15, 0.2) is 53.4 Å². The highest BCUT2D eigenvalue weighted by Gasteiger charge is 2.38. The third-order valence-electron chi connectivity index (χ3n) is 6.93. The number of nitrogens with one attached hydrogen (secondary N) is 1. The second-order valence-corrected chi connectivity index (χ2v) is 11.3. The van der Waals surface area contributed by atoms with Crippen LogP contribution in [0.2, 0.25) is 0 Å². The summed E-state index contributed by atoms with van der Waals surface area (Å²) < 4.78 is 35.2. The Morgan fingerprint density at radius 3 is 2.55 bits per heavy atom. The molecule has 10 nitrogen and oxygen atoms in total. The third-order valence-corrected chi connectivity index (χ3v) is 8.26. The minimum absolute atomic E-state index is 0.0546. The summed E-state index contributed by atoms with van der Waals surface area (Å²) in [6.45, 7) is -0.767. The van der Waals surface area contributed by atoms with Gasteiger partial charge in [-0.15, -0.1) is 0 Å². The Hall–Kier alpha value is -3.24. The summed E-state index contributed by atoms with van der Waals surface area (Å²) in [5.74, 6) is -0.745. The molecule has 1 fully saturated rings. The molecule has 0 radical (unpaired) electrons. The van der Waals surface area contributed by atoms with Crippen LogP contribution in [0.25, 0.3) is 28.1 Å². The molecule has 0 amide bonds. The standard InChI is InChI=1S/C27H32N4O6S/c1-30(2)21-7-6-17-10-19(5-4-18(17)11-21)24-9-8-22(31(24)3)12-23(13-28)38(35,36)29-14-20-16-37-25(15-32)27(34)26(20)33/h4-12,20,25-27,29,32-34H,14-16H2,1-3H3/b23-12+/t20?,25-,26-,27-/m1/s1. The first-order valence-electron chi connectivity index (χ1n) is 12.1. The normalized spacial score (nSPS) is 22.4. The second kappa shape index (κ2) is 11.2. The number of allylic oxidation sites excluding steroid dienone is 1. The van der Waals surface area contributed by atoms with Crippen LogP contribution >= 0.6 is 0 Å². The molecule has 3 aromatic rings. The van der Waals surface area contributed by atoms with E-state index in [1.165, 1.54) is 6.08 Å². The number of aliphatic hydroxyl groups is 3. The first kappa shape index (κ1) is 27.8. The molecule has 38 heavy (non-hydrogen) atoms. The van der Waals surface area contributed by atoms with E-state index in [9.17, 15) is 29.0 Å². The van der Waals surface area contributed by atoms with E-state index in [0.717, 1.165) is 27.7 Å². The van der Waals surface area contributed by atoms with Crippen LogP contribution in [0.5, 0.6) is 0 Å². The molecule has 0 aliphatic carbocycles. The minimum Gasteiger partial charge on any atom is -0.394 e. The number of anilines is 1. The highest BCUT2D eigenvalue weighted by molar-refractivity contribution is 7.93. The largest absolute Gasteiger partial charge is 0.394 e. The van der Waals surface area contributed by atoms with Gasteiger partial charge >= 0.3 is 0 Å². The predicted molar refractivity (Wildman–Crippen MR) is 146 cm³/mol. The summed E-state index contributed by atoms with van der Waals surface area (Å²) in [4.78, 5) is 1.56. The zero-order valence-corrected chi connectivity index (χ0v) is 22.3. The highest BCUT2D eigenvalue weighted by atomic mass is 32.2. The number of nitrogens with zero attached hydrogens (tertiary/aromatic N) is 3. The SMILES string of the molecule is CN(C)c1ccc2cc(-c3ccc(/C=C(\C#N)S(=O)(=O)NCC4CO[C@H](CO)[C@@H](O)[C@@H]4O)n3C)ccc2c1. The molecule has 1 aliphatic heterocycles. The number of nitriles is 1. The molecule has 4 atom stereocenters. The van der Waals surface area contributed by atoms with E-state index in [1.54, 1.807) is 19.2 Å². The molecular weight excluding hydrogens is 508 g/mol. The number of sulfonamides is 1. The number of hydrogen-bond donors (Lipinski definition) is 4. The lowest BCUT2D eigenvalue weighted by Gasteiger charge is -2.36. The van der Waals surface area contributed by atoms with E-state index in [-0.39, 0.29) is 13.2 Å². The molecule has 1 unspecified atom stereocenters. The van der Waals surface area contributed by atoms with Crippen molar-refractivity contribution in [2.75, 3.05) is 38.8 Å². The number of benzene rings is 2. The number of aromatic nitrogens is 1. The summed E-state index contributed by atoms with van der Waals surface area (Å²) in [5.41, 5.74) is 3.42. The van der Waals surface area contributed by atoms with Gasteiger partial charge in [-0.3, -0.25) is 0 Å². The zero-order valence-electron chi connectivity index (χ0n) is 21.4. The summed E-state index contributed by atoms with van der Waals surface area (Å²) >= 11 is 0. The summed E-state index contributed by atoms with van der Waals surface area (Å²) in [5, 5.41) is 41.3. The lowest BCUT2D eigenvalue weighted by Crippen LogP contribution is -2.54. The van der Waals surface area contributed by atoms with Gasteiger partial charge in [0.2, 0.25) is 0 Å².